The number of hydrogen-bond acceptors (Lipinski definition) is 5. The summed E-state index contributed by atoms with van der Waals surface area (Å²) in [6.45, 7) is 4.01. The van der Waals surface area contributed by atoms with Crippen molar-refractivity contribution in [3.63, 3.8) is 0 Å². The highest BCUT2D eigenvalue weighted by Crippen LogP contribution is 2.51. The Morgan fingerprint density at radius 1 is 0.404 bits per heavy atom. The van der Waals surface area contributed by atoms with Crippen LogP contribution in [0.15, 0.2) is 164 Å². The molecule has 0 bridgehead atoms. The van der Waals surface area contributed by atoms with Gasteiger partial charge < -0.3 is 25.5 Å². The molecule has 0 fully saturated rings. The van der Waals surface area contributed by atoms with E-state index in [1.807, 2.05) is 6.92 Å². The van der Waals surface area contributed by atoms with E-state index < -0.39 is 0 Å². The van der Waals surface area contributed by atoms with E-state index in [1.165, 1.54) is 52.6 Å². The first-order valence-corrected chi connectivity index (χ1v) is 17.1. The Morgan fingerprint density at radius 2 is 0.769 bits per heavy atom. The average molecular weight is 688 g/mol. The predicted molar refractivity (Wildman–Crippen MR) is 207 cm³/mol. The number of hydrogen-bond donors (Lipinski definition) is 4. The average Bonchev–Trinajstić information content (AvgIpc) is 3.15. The molecule has 0 aromatic heterocycles. The highest BCUT2D eigenvalue weighted by molar-refractivity contribution is 5.81. The molecule has 52 heavy (non-hydrogen) atoms. The molecule has 0 unspecified atom stereocenters. The summed E-state index contributed by atoms with van der Waals surface area (Å²) in [7, 11) is 0. The number of quaternary nitrogens is 1. The van der Waals surface area contributed by atoms with Crippen molar-refractivity contribution in [1.29, 1.82) is 0 Å². The molecule has 6 heteroatoms. The molecule has 0 saturated heterocycles. The number of benzene rings is 7. The molecular formula is C46H41NO5. The van der Waals surface area contributed by atoms with Crippen molar-refractivity contribution in [2.24, 2.45) is 0 Å². The molecule has 0 heterocycles. The summed E-state index contributed by atoms with van der Waals surface area (Å²) in [4.78, 5) is 0. The molecule has 7 aromatic carbocycles. The molecule has 0 aliphatic carbocycles. The third kappa shape index (κ3) is 7.63. The summed E-state index contributed by atoms with van der Waals surface area (Å²) >= 11 is 0. The SMILES string of the molecule is Cc1cc(Cc2ccc(O)cc2O)c([O-])c(Cc2ccc(O)cc2O)c1.Cc1ccc([N+](c2ccccc2)(c2ccccc2)c2ccccc2)cc1. The van der Waals surface area contributed by atoms with E-state index in [4.69, 9.17) is 0 Å². The van der Waals surface area contributed by atoms with Gasteiger partial charge in [0.1, 0.15) is 45.7 Å². The summed E-state index contributed by atoms with van der Waals surface area (Å²) < 4.78 is 0.558. The van der Waals surface area contributed by atoms with Gasteiger partial charge in [0.05, 0.1) is 0 Å². The molecule has 0 spiro atoms. The number of para-hydroxylation sites is 3. The van der Waals surface area contributed by atoms with Crippen molar-refractivity contribution in [3.8, 4) is 28.7 Å². The maximum atomic E-state index is 12.8. The Hall–Kier alpha value is -6.50. The Balaban J connectivity index is 0.000000179. The topological polar surface area (TPSA) is 104 Å². The fourth-order valence-corrected chi connectivity index (χ4v) is 6.62. The molecule has 7 aromatic rings. The zero-order valence-electron chi connectivity index (χ0n) is 29.1. The standard InChI is InChI=1S/C25H22N.C21H20O5/c1-21-17-19-25(20-18-21)26(22-11-5-2-6-12-22,23-13-7-3-8-14-23)24-15-9-4-10-16-24;1-12-6-15(8-13-2-4-17(22)10-19(13)24)21(26)16(7-12)9-14-3-5-18(23)11-20(14)25/h2-20H,1H3;2-7,10-11,22-26H,8-9H2,1H3/q+1;/p-1. The predicted octanol–water partition coefficient (Wildman–Crippen LogP) is 10.4. The largest absolute Gasteiger partial charge is 0.872 e. The number of aryl methyl sites for hydroxylation is 2. The minimum absolute atomic E-state index is 0.0404. The second kappa shape index (κ2) is 15.6. The molecule has 0 atom stereocenters. The highest BCUT2D eigenvalue weighted by atomic mass is 16.3. The zero-order chi connectivity index (χ0) is 36.7. The van der Waals surface area contributed by atoms with E-state index in [-0.39, 0.29) is 41.6 Å². The van der Waals surface area contributed by atoms with Gasteiger partial charge in [-0.25, -0.2) is 0 Å². The van der Waals surface area contributed by atoms with E-state index in [0.717, 1.165) is 5.56 Å². The van der Waals surface area contributed by atoms with Crippen molar-refractivity contribution in [1.82, 2.24) is 4.48 Å². The van der Waals surface area contributed by atoms with Gasteiger partial charge in [-0.3, -0.25) is 0 Å². The maximum absolute atomic E-state index is 12.8. The van der Waals surface area contributed by atoms with Crippen LogP contribution in [0.3, 0.4) is 0 Å². The van der Waals surface area contributed by atoms with Gasteiger partial charge in [0.15, 0.2) is 0 Å². The van der Waals surface area contributed by atoms with Crippen molar-refractivity contribution in [2.75, 3.05) is 0 Å². The van der Waals surface area contributed by atoms with Crippen molar-refractivity contribution in [2.45, 2.75) is 26.7 Å². The van der Waals surface area contributed by atoms with Gasteiger partial charge in [-0.15, -0.1) is 5.75 Å². The lowest BCUT2D eigenvalue weighted by Crippen LogP contribution is -2.33. The molecule has 6 nitrogen and oxygen atoms in total. The first-order valence-electron chi connectivity index (χ1n) is 17.1. The first kappa shape index (κ1) is 35.3. The molecule has 0 saturated carbocycles. The molecule has 0 aliphatic rings. The quantitative estimate of drug-likeness (QED) is 0.119. The molecular weight excluding hydrogens is 647 g/mol. The smallest absolute Gasteiger partial charge is 0.148 e. The summed E-state index contributed by atoms with van der Waals surface area (Å²) in [5.74, 6) is -0.370. The molecule has 7 rings (SSSR count). The van der Waals surface area contributed by atoms with Crippen LogP contribution in [-0.4, -0.2) is 20.4 Å². The van der Waals surface area contributed by atoms with Gasteiger partial charge in [0, 0.05) is 73.5 Å². The van der Waals surface area contributed by atoms with Gasteiger partial charge in [0.25, 0.3) is 0 Å². The molecule has 0 radical (unpaired) electrons. The van der Waals surface area contributed by atoms with Gasteiger partial charge in [0.2, 0.25) is 0 Å². The molecule has 0 amide bonds. The molecule has 0 aliphatic heterocycles. The number of aromatic hydroxyl groups is 4. The summed E-state index contributed by atoms with van der Waals surface area (Å²) in [6, 6.07) is 53.1. The van der Waals surface area contributed by atoms with E-state index in [2.05, 4.69) is 122 Å². The second-order valence-electron chi connectivity index (χ2n) is 12.9. The monoisotopic (exact) mass is 687 g/mol. The van der Waals surface area contributed by atoms with Gasteiger partial charge in [-0.2, -0.15) is 4.48 Å². The number of phenolic OH excluding ortho intramolecular Hbond substituents is 4. The summed E-state index contributed by atoms with van der Waals surface area (Å²) in [6.07, 6.45) is 0.475. The van der Waals surface area contributed by atoms with Crippen LogP contribution in [0.2, 0.25) is 0 Å². The van der Waals surface area contributed by atoms with Crippen LogP contribution in [0.4, 0.5) is 22.7 Å². The van der Waals surface area contributed by atoms with Crippen LogP contribution >= 0.6 is 0 Å². The van der Waals surface area contributed by atoms with Crippen LogP contribution < -0.4 is 9.59 Å². The third-order valence-electron chi connectivity index (χ3n) is 9.14. The number of nitrogens with zero attached hydrogens (tertiary/aromatic N) is 1. The van der Waals surface area contributed by atoms with Crippen LogP contribution in [0.5, 0.6) is 28.7 Å². The van der Waals surface area contributed by atoms with Gasteiger partial charge in [-0.1, -0.05) is 113 Å². The summed E-state index contributed by atoms with van der Waals surface area (Å²) in [5, 5.41) is 51.5. The lowest BCUT2D eigenvalue weighted by molar-refractivity contribution is -0.270. The second-order valence-corrected chi connectivity index (χ2v) is 12.9. The first-order chi connectivity index (χ1) is 25.1. The third-order valence-corrected chi connectivity index (χ3v) is 9.14. The highest BCUT2D eigenvalue weighted by Gasteiger charge is 2.38. The van der Waals surface area contributed by atoms with E-state index >= 15 is 0 Å². The Bertz CT molecular complexity index is 2080. The van der Waals surface area contributed by atoms with Crippen molar-refractivity contribution < 1.29 is 25.5 Å². The van der Waals surface area contributed by atoms with E-state index in [0.29, 0.717) is 26.7 Å². The fraction of sp³-hybridized carbons (Fsp3) is 0.0870. The number of rotatable bonds is 8. The lowest BCUT2D eigenvalue weighted by Gasteiger charge is -2.37. The fourth-order valence-electron chi connectivity index (χ4n) is 6.62. The Kier molecular flexibility index (Phi) is 10.6. The minimum Gasteiger partial charge on any atom is -0.872 e. The van der Waals surface area contributed by atoms with Crippen molar-refractivity contribution in [3.05, 3.63) is 197 Å². The van der Waals surface area contributed by atoms with Gasteiger partial charge >= 0.3 is 0 Å². The van der Waals surface area contributed by atoms with Crippen LogP contribution in [-0.2, 0) is 12.8 Å². The summed E-state index contributed by atoms with van der Waals surface area (Å²) in [5.41, 5.74) is 9.18. The molecule has 4 N–H and O–H groups in total. The maximum Gasteiger partial charge on any atom is 0.148 e. The Morgan fingerprint density at radius 3 is 1.13 bits per heavy atom. The lowest BCUT2D eigenvalue weighted by atomic mass is 9.95. The van der Waals surface area contributed by atoms with Crippen LogP contribution in [0, 0.1) is 13.8 Å². The zero-order valence-corrected chi connectivity index (χ0v) is 29.1. The normalized spacial score (nSPS) is 11.0. The van der Waals surface area contributed by atoms with Crippen molar-refractivity contribution >= 4 is 22.7 Å². The van der Waals surface area contributed by atoms with E-state index in [1.54, 1.807) is 24.3 Å². The Labute approximate surface area is 304 Å². The minimum atomic E-state index is -0.157. The number of phenols is 4. The van der Waals surface area contributed by atoms with Gasteiger partial charge in [-0.05, 0) is 37.1 Å². The molecule has 260 valence electrons. The van der Waals surface area contributed by atoms with Crippen LogP contribution in [0.25, 0.3) is 0 Å². The van der Waals surface area contributed by atoms with Crippen LogP contribution in [0.1, 0.15) is 33.4 Å². The van der Waals surface area contributed by atoms with E-state index in [9.17, 15) is 25.5 Å².